The van der Waals surface area contributed by atoms with Gasteiger partial charge in [0.15, 0.2) is 5.76 Å². The molecule has 0 bridgehead atoms. The van der Waals surface area contributed by atoms with Crippen LogP contribution in [0.2, 0.25) is 5.02 Å². The number of benzene rings is 2. The van der Waals surface area contributed by atoms with E-state index in [2.05, 4.69) is 0 Å². The van der Waals surface area contributed by atoms with E-state index in [0.29, 0.717) is 16.3 Å². The van der Waals surface area contributed by atoms with Crippen LogP contribution in [0, 0.1) is 0 Å². The van der Waals surface area contributed by atoms with Gasteiger partial charge in [0, 0.05) is 17.7 Å². The van der Waals surface area contributed by atoms with E-state index >= 15 is 0 Å². The van der Waals surface area contributed by atoms with Crippen molar-refractivity contribution in [3.05, 3.63) is 51.6 Å². The minimum Gasteiger partial charge on any atom is -0.502 e. The van der Waals surface area contributed by atoms with Crippen molar-refractivity contribution in [1.82, 2.24) is 0 Å². The maximum atomic E-state index is 12.5. The summed E-state index contributed by atoms with van der Waals surface area (Å²) in [5, 5.41) is 10.8. The van der Waals surface area contributed by atoms with Crippen LogP contribution in [0.25, 0.3) is 22.3 Å². The van der Waals surface area contributed by atoms with Gasteiger partial charge in [-0.3, -0.25) is 4.79 Å². The molecule has 0 aliphatic rings. The quantitative estimate of drug-likeness (QED) is 0.789. The average Bonchev–Trinajstić information content (AvgIpc) is 2.57. The van der Waals surface area contributed by atoms with E-state index in [4.69, 9.17) is 25.5 Å². The molecule has 1 N–H and O–H groups in total. The lowest BCUT2D eigenvalue weighted by atomic mass is 10.1. The lowest BCUT2D eigenvalue weighted by Crippen LogP contribution is -2.05. The Morgan fingerprint density at radius 3 is 2.52 bits per heavy atom. The maximum absolute atomic E-state index is 12.5. The molecule has 6 heteroatoms. The highest BCUT2D eigenvalue weighted by atomic mass is 35.5. The van der Waals surface area contributed by atoms with Crippen LogP contribution in [0.3, 0.4) is 0 Å². The number of methoxy groups -OCH3 is 2. The first-order valence-corrected chi connectivity index (χ1v) is 7.11. The minimum absolute atomic E-state index is 0.00315. The van der Waals surface area contributed by atoms with Gasteiger partial charge in [0.2, 0.25) is 11.2 Å². The van der Waals surface area contributed by atoms with Crippen LogP contribution >= 0.6 is 11.6 Å². The third-order valence-corrected chi connectivity index (χ3v) is 3.81. The lowest BCUT2D eigenvalue weighted by molar-refractivity contribution is 0.394. The first kappa shape index (κ1) is 15.2. The second-order valence-corrected chi connectivity index (χ2v) is 5.20. The third kappa shape index (κ3) is 2.49. The molecule has 0 fully saturated rings. The van der Waals surface area contributed by atoms with Crippen LogP contribution in [0.4, 0.5) is 0 Å². The zero-order valence-corrected chi connectivity index (χ0v) is 13.2. The van der Waals surface area contributed by atoms with Crippen LogP contribution < -0.4 is 14.9 Å². The molecular formula is C17H13ClO5. The van der Waals surface area contributed by atoms with E-state index in [1.165, 1.54) is 14.2 Å². The molecule has 23 heavy (non-hydrogen) atoms. The van der Waals surface area contributed by atoms with E-state index < -0.39 is 11.2 Å². The normalized spacial score (nSPS) is 10.7. The van der Waals surface area contributed by atoms with Crippen molar-refractivity contribution in [2.45, 2.75) is 0 Å². The van der Waals surface area contributed by atoms with Crippen LogP contribution in [0.1, 0.15) is 0 Å². The summed E-state index contributed by atoms with van der Waals surface area (Å²) in [6.07, 6.45) is 0. The summed E-state index contributed by atoms with van der Waals surface area (Å²) in [5.41, 5.74) is 0.0621. The molecule has 118 valence electrons. The highest BCUT2D eigenvalue weighted by molar-refractivity contribution is 6.33. The second kappa shape index (κ2) is 5.85. The largest absolute Gasteiger partial charge is 0.502 e. The first-order chi connectivity index (χ1) is 11.1. The van der Waals surface area contributed by atoms with Gasteiger partial charge < -0.3 is 19.0 Å². The van der Waals surface area contributed by atoms with Crippen molar-refractivity contribution in [2.24, 2.45) is 0 Å². The molecule has 0 amide bonds. The predicted molar refractivity (Wildman–Crippen MR) is 87.7 cm³/mol. The Kier molecular flexibility index (Phi) is 3.88. The fourth-order valence-corrected chi connectivity index (χ4v) is 2.58. The molecule has 1 heterocycles. The Morgan fingerprint density at radius 1 is 1.13 bits per heavy atom. The molecule has 2 aromatic carbocycles. The second-order valence-electron chi connectivity index (χ2n) is 4.79. The molecule has 3 rings (SSSR count). The minimum atomic E-state index is -0.597. The number of hydrogen-bond donors (Lipinski definition) is 1. The Morgan fingerprint density at radius 2 is 1.87 bits per heavy atom. The van der Waals surface area contributed by atoms with E-state index in [1.54, 1.807) is 36.4 Å². The Labute approximate surface area is 136 Å². The fraction of sp³-hybridized carbons (Fsp3) is 0.118. The van der Waals surface area contributed by atoms with Crippen molar-refractivity contribution < 1.29 is 19.0 Å². The van der Waals surface area contributed by atoms with Gasteiger partial charge in [0.05, 0.1) is 19.2 Å². The number of aromatic hydroxyl groups is 1. The van der Waals surface area contributed by atoms with Crippen molar-refractivity contribution in [1.29, 1.82) is 0 Å². The van der Waals surface area contributed by atoms with E-state index in [1.807, 2.05) is 0 Å². The summed E-state index contributed by atoms with van der Waals surface area (Å²) in [6, 6.07) is 9.88. The van der Waals surface area contributed by atoms with E-state index in [9.17, 15) is 9.90 Å². The number of halogens is 1. The Balaban J connectivity index is 2.41. The molecule has 3 aromatic rings. The molecule has 0 unspecified atom stereocenters. The molecule has 0 radical (unpaired) electrons. The highest BCUT2D eigenvalue weighted by Gasteiger charge is 2.20. The highest BCUT2D eigenvalue weighted by Crippen LogP contribution is 2.37. The molecule has 1 aromatic heterocycles. The van der Waals surface area contributed by atoms with Gasteiger partial charge >= 0.3 is 0 Å². The molecule has 0 saturated heterocycles. The van der Waals surface area contributed by atoms with Gasteiger partial charge in [-0.2, -0.15) is 0 Å². The molecule has 0 atom stereocenters. The third-order valence-electron chi connectivity index (χ3n) is 3.48. The molecule has 5 nitrogen and oxygen atoms in total. The van der Waals surface area contributed by atoms with Gasteiger partial charge in [-0.1, -0.05) is 23.7 Å². The van der Waals surface area contributed by atoms with Crippen LogP contribution in [0.5, 0.6) is 17.2 Å². The van der Waals surface area contributed by atoms with Crippen molar-refractivity contribution in [2.75, 3.05) is 14.2 Å². The molecule has 0 aliphatic carbocycles. The summed E-state index contributed by atoms with van der Waals surface area (Å²) in [4.78, 5) is 12.5. The summed E-state index contributed by atoms with van der Waals surface area (Å²) < 4.78 is 16.1. The van der Waals surface area contributed by atoms with Crippen LogP contribution in [0.15, 0.2) is 45.6 Å². The SMILES string of the molecule is COc1cc(OC)c2c(=O)c(O)c(-c3ccccc3Cl)oc2c1. The smallest absolute Gasteiger partial charge is 0.238 e. The summed E-state index contributed by atoms with van der Waals surface area (Å²) >= 11 is 6.13. The Bertz CT molecular complexity index is 946. The zero-order valence-electron chi connectivity index (χ0n) is 12.4. The predicted octanol–water partition coefficient (Wildman–Crippen LogP) is 3.84. The van der Waals surface area contributed by atoms with Gasteiger partial charge in [0.25, 0.3) is 0 Å². The summed E-state index contributed by atoms with van der Waals surface area (Å²) in [7, 11) is 2.92. The van der Waals surface area contributed by atoms with Crippen molar-refractivity contribution >= 4 is 22.6 Å². The standard InChI is InChI=1S/C17H13ClO5/c1-21-9-7-12(22-2)14-13(8-9)23-17(16(20)15(14)19)10-5-3-4-6-11(10)18/h3-8,20H,1-2H3. The van der Waals surface area contributed by atoms with Crippen LogP contribution in [-0.2, 0) is 0 Å². The number of rotatable bonds is 3. The van der Waals surface area contributed by atoms with E-state index in [-0.39, 0.29) is 22.5 Å². The van der Waals surface area contributed by atoms with Gasteiger partial charge in [-0.05, 0) is 12.1 Å². The van der Waals surface area contributed by atoms with Gasteiger partial charge in [-0.15, -0.1) is 0 Å². The first-order valence-electron chi connectivity index (χ1n) is 6.73. The number of hydrogen-bond acceptors (Lipinski definition) is 5. The number of fused-ring (bicyclic) bond motifs is 1. The van der Waals surface area contributed by atoms with Crippen molar-refractivity contribution in [3.63, 3.8) is 0 Å². The molecule has 0 saturated carbocycles. The van der Waals surface area contributed by atoms with Crippen LogP contribution in [-0.4, -0.2) is 19.3 Å². The lowest BCUT2D eigenvalue weighted by Gasteiger charge is -2.11. The Hall–Kier alpha value is -2.66. The fourth-order valence-electron chi connectivity index (χ4n) is 2.36. The molecular weight excluding hydrogens is 320 g/mol. The number of ether oxygens (including phenoxy) is 2. The van der Waals surface area contributed by atoms with Crippen molar-refractivity contribution in [3.8, 4) is 28.6 Å². The summed E-state index contributed by atoms with van der Waals surface area (Å²) in [5.74, 6) is 0.208. The molecule has 0 aliphatic heterocycles. The topological polar surface area (TPSA) is 68.9 Å². The van der Waals surface area contributed by atoms with Gasteiger partial charge in [-0.25, -0.2) is 0 Å². The van der Waals surface area contributed by atoms with E-state index in [0.717, 1.165) is 0 Å². The molecule has 0 spiro atoms. The monoisotopic (exact) mass is 332 g/mol. The zero-order chi connectivity index (χ0) is 16.6. The average molecular weight is 333 g/mol. The van der Waals surface area contributed by atoms with Gasteiger partial charge in [0.1, 0.15) is 22.5 Å². The summed E-state index contributed by atoms with van der Waals surface area (Å²) in [6.45, 7) is 0. The maximum Gasteiger partial charge on any atom is 0.238 e.